The molecule has 142 valence electrons. The van der Waals surface area contributed by atoms with Gasteiger partial charge in [-0.3, -0.25) is 0 Å². The monoisotopic (exact) mass is 369 g/mol. The molecular weight excluding hydrogens is 345 g/mol. The van der Waals surface area contributed by atoms with Crippen LogP contribution in [0.2, 0.25) is 0 Å². The van der Waals surface area contributed by atoms with Crippen LogP contribution in [0.25, 0.3) is 0 Å². The van der Waals surface area contributed by atoms with Crippen LogP contribution in [0.4, 0.5) is 9.18 Å². The largest absolute Gasteiger partial charge is 0.391 e. The number of nitrogens with zero attached hydrogens (tertiary/aromatic N) is 1. The van der Waals surface area contributed by atoms with Crippen molar-refractivity contribution in [2.45, 2.75) is 18.6 Å². The highest BCUT2D eigenvalue weighted by molar-refractivity contribution is 5.76. The summed E-state index contributed by atoms with van der Waals surface area (Å²) in [6, 6.07) is 14.0. The number of fused-ring (bicyclic) bond motifs is 1. The van der Waals surface area contributed by atoms with Gasteiger partial charge in [0.2, 0.25) is 0 Å². The van der Waals surface area contributed by atoms with E-state index in [0.717, 1.165) is 17.5 Å². The summed E-state index contributed by atoms with van der Waals surface area (Å²) in [6.07, 6.45) is 0.356. The molecule has 2 aromatic rings. The predicted octanol–water partition coefficient (Wildman–Crippen LogP) is 2.06. The summed E-state index contributed by atoms with van der Waals surface area (Å²) >= 11 is 0. The first-order valence-electron chi connectivity index (χ1n) is 9.40. The van der Waals surface area contributed by atoms with Crippen molar-refractivity contribution in [3.63, 3.8) is 0 Å². The van der Waals surface area contributed by atoms with Gasteiger partial charge in [-0.05, 0) is 35.2 Å². The van der Waals surface area contributed by atoms with Crippen LogP contribution in [0.5, 0.6) is 0 Å². The third-order valence-electron chi connectivity index (χ3n) is 5.55. The van der Waals surface area contributed by atoms with Crippen molar-refractivity contribution < 1.29 is 14.3 Å². The maximum Gasteiger partial charge on any atom is 0.318 e. The van der Waals surface area contributed by atoms with E-state index in [1.54, 1.807) is 12.1 Å². The number of aliphatic hydroxyl groups is 1. The van der Waals surface area contributed by atoms with Crippen LogP contribution >= 0.6 is 0 Å². The van der Waals surface area contributed by atoms with E-state index in [4.69, 9.17) is 0 Å². The molecule has 0 radical (unpaired) electrons. The number of amides is 2. The zero-order chi connectivity index (χ0) is 18.8. The third kappa shape index (κ3) is 3.68. The van der Waals surface area contributed by atoms with E-state index in [2.05, 4.69) is 16.7 Å². The first kappa shape index (κ1) is 17.9. The van der Waals surface area contributed by atoms with Crippen molar-refractivity contribution in [3.8, 4) is 0 Å². The van der Waals surface area contributed by atoms with Crippen LogP contribution < -0.4 is 10.6 Å². The fourth-order valence-electron chi connectivity index (χ4n) is 4.04. The van der Waals surface area contributed by atoms with Crippen LogP contribution in [-0.4, -0.2) is 48.3 Å². The van der Waals surface area contributed by atoms with Gasteiger partial charge in [0.15, 0.2) is 0 Å². The Bertz CT molecular complexity index is 811. The average Bonchev–Trinajstić information content (AvgIpc) is 3.11. The van der Waals surface area contributed by atoms with E-state index in [9.17, 15) is 14.3 Å². The molecule has 2 aliphatic rings. The third-order valence-corrected chi connectivity index (χ3v) is 5.55. The number of nitrogens with one attached hydrogen (secondary N) is 2. The Labute approximate surface area is 158 Å². The van der Waals surface area contributed by atoms with E-state index in [0.29, 0.717) is 26.2 Å². The Balaban J connectivity index is 1.58. The SMILES string of the molecule is O=C(NC[C@H]1CNC[C@H]1O)N1CCc2ccccc2[C@@H]1c1ccc(F)cc1. The summed E-state index contributed by atoms with van der Waals surface area (Å²) < 4.78 is 13.4. The summed E-state index contributed by atoms with van der Waals surface area (Å²) in [4.78, 5) is 14.8. The smallest absolute Gasteiger partial charge is 0.318 e. The Kier molecular flexibility index (Phi) is 5.09. The van der Waals surface area contributed by atoms with Crippen molar-refractivity contribution in [2.75, 3.05) is 26.2 Å². The Morgan fingerprint density at radius 3 is 2.70 bits per heavy atom. The lowest BCUT2D eigenvalue weighted by Crippen LogP contribution is -2.48. The minimum atomic E-state index is -0.430. The van der Waals surface area contributed by atoms with Crippen molar-refractivity contribution >= 4 is 6.03 Å². The second kappa shape index (κ2) is 7.66. The number of rotatable bonds is 3. The molecule has 2 heterocycles. The average molecular weight is 369 g/mol. The molecule has 6 heteroatoms. The molecule has 0 unspecified atom stereocenters. The first-order chi connectivity index (χ1) is 13.1. The number of carbonyl (C=O) groups is 1. The van der Waals surface area contributed by atoms with Gasteiger partial charge in [0.1, 0.15) is 5.82 Å². The molecule has 0 saturated carbocycles. The van der Waals surface area contributed by atoms with Gasteiger partial charge in [0.05, 0.1) is 12.1 Å². The minimum Gasteiger partial charge on any atom is -0.391 e. The Morgan fingerprint density at radius 2 is 1.96 bits per heavy atom. The second-order valence-electron chi connectivity index (χ2n) is 7.27. The fraction of sp³-hybridized carbons (Fsp3) is 0.381. The maximum atomic E-state index is 13.4. The molecule has 2 aromatic carbocycles. The van der Waals surface area contributed by atoms with Crippen LogP contribution in [0.15, 0.2) is 48.5 Å². The number of urea groups is 1. The van der Waals surface area contributed by atoms with Crippen LogP contribution in [0.1, 0.15) is 22.7 Å². The zero-order valence-corrected chi connectivity index (χ0v) is 15.1. The van der Waals surface area contributed by atoms with Gasteiger partial charge in [0, 0.05) is 32.1 Å². The normalized spacial score (nSPS) is 24.5. The number of benzene rings is 2. The van der Waals surface area contributed by atoms with Crippen molar-refractivity contribution in [1.29, 1.82) is 0 Å². The molecule has 0 aromatic heterocycles. The summed E-state index contributed by atoms with van der Waals surface area (Å²) in [6.45, 7) is 2.29. The van der Waals surface area contributed by atoms with Gasteiger partial charge in [-0.25, -0.2) is 9.18 Å². The molecule has 1 saturated heterocycles. The lowest BCUT2D eigenvalue weighted by molar-refractivity contribution is 0.141. The number of halogens is 1. The predicted molar refractivity (Wildman–Crippen MR) is 101 cm³/mol. The summed E-state index contributed by atoms with van der Waals surface area (Å²) in [7, 11) is 0. The highest BCUT2D eigenvalue weighted by Crippen LogP contribution is 2.35. The van der Waals surface area contributed by atoms with E-state index < -0.39 is 6.10 Å². The summed E-state index contributed by atoms with van der Waals surface area (Å²) in [5.41, 5.74) is 3.18. The standard InChI is InChI=1S/C21H24FN3O2/c22-17-7-5-15(6-8-17)20-18-4-2-1-3-14(18)9-10-25(20)21(27)24-12-16-11-23-13-19(16)26/h1-8,16,19-20,23,26H,9-13H2,(H,24,27)/t16-,19-,20+/m1/s1. The van der Waals surface area contributed by atoms with Gasteiger partial charge in [-0.2, -0.15) is 0 Å². The molecule has 5 nitrogen and oxygen atoms in total. The molecule has 0 bridgehead atoms. The van der Waals surface area contributed by atoms with Gasteiger partial charge in [-0.1, -0.05) is 36.4 Å². The number of β-amino-alcohol motifs (C(OH)–C–C–N with tert-alkyl or cyclic N) is 1. The van der Waals surface area contributed by atoms with Gasteiger partial charge < -0.3 is 20.6 Å². The molecular formula is C21H24FN3O2. The van der Waals surface area contributed by atoms with E-state index in [-0.39, 0.29) is 23.8 Å². The number of carbonyl (C=O) groups excluding carboxylic acids is 1. The quantitative estimate of drug-likeness (QED) is 0.776. The summed E-state index contributed by atoms with van der Waals surface area (Å²) in [5, 5.41) is 16.0. The van der Waals surface area contributed by atoms with Crippen molar-refractivity contribution in [2.24, 2.45) is 5.92 Å². The molecule has 3 atom stereocenters. The Morgan fingerprint density at radius 1 is 1.19 bits per heavy atom. The molecule has 2 amide bonds. The molecule has 1 fully saturated rings. The fourth-order valence-corrected chi connectivity index (χ4v) is 4.04. The van der Waals surface area contributed by atoms with Crippen molar-refractivity contribution in [1.82, 2.24) is 15.5 Å². The number of aliphatic hydroxyl groups excluding tert-OH is 1. The maximum absolute atomic E-state index is 13.4. The highest BCUT2D eigenvalue weighted by Gasteiger charge is 2.33. The number of hydrogen-bond donors (Lipinski definition) is 3. The molecule has 0 aliphatic carbocycles. The van der Waals surface area contributed by atoms with Gasteiger partial charge in [-0.15, -0.1) is 0 Å². The summed E-state index contributed by atoms with van der Waals surface area (Å²) in [5.74, 6) is -0.267. The van der Waals surface area contributed by atoms with Crippen LogP contribution in [-0.2, 0) is 6.42 Å². The van der Waals surface area contributed by atoms with Gasteiger partial charge >= 0.3 is 6.03 Å². The number of hydrogen-bond acceptors (Lipinski definition) is 3. The van der Waals surface area contributed by atoms with Crippen molar-refractivity contribution in [3.05, 3.63) is 71.0 Å². The second-order valence-corrected chi connectivity index (χ2v) is 7.27. The van der Waals surface area contributed by atoms with E-state index >= 15 is 0 Å². The molecule has 0 spiro atoms. The lowest BCUT2D eigenvalue weighted by Gasteiger charge is -2.38. The zero-order valence-electron chi connectivity index (χ0n) is 15.1. The van der Waals surface area contributed by atoms with E-state index in [1.807, 2.05) is 23.1 Å². The van der Waals surface area contributed by atoms with E-state index in [1.165, 1.54) is 17.7 Å². The highest BCUT2D eigenvalue weighted by atomic mass is 19.1. The van der Waals surface area contributed by atoms with Crippen LogP contribution in [0.3, 0.4) is 0 Å². The lowest BCUT2D eigenvalue weighted by atomic mass is 9.88. The molecule has 27 heavy (non-hydrogen) atoms. The topological polar surface area (TPSA) is 64.6 Å². The molecule has 4 rings (SSSR count). The Hall–Kier alpha value is -2.44. The van der Waals surface area contributed by atoms with Crippen LogP contribution in [0, 0.1) is 11.7 Å². The minimum absolute atomic E-state index is 0.0234. The molecule has 3 N–H and O–H groups in total. The first-order valence-corrected chi connectivity index (χ1v) is 9.40. The van der Waals surface area contributed by atoms with Gasteiger partial charge in [0.25, 0.3) is 0 Å². The molecule has 2 aliphatic heterocycles.